The van der Waals surface area contributed by atoms with Gasteiger partial charge in [-0.1, -0.05) is 41.4 Å². The highest BCUT2D eigenvalue weighted by molar-refractivity contribution is 9.08. The average molecular weight is 479 g/mol. The number of sulfonamides is 2. The van der Waals surface area contributed by atoms with Crippen LogP contribution in [0.1, 0.15) is 31.7 Å². The van der Waals surface area contributed by atoms with Gasteiger partial charge in [0.25, 0.3) is 0 Å². The number of alkyl halides is 1. The van der Waals surface area contributed by atoms with E-state index in [4.69, 9.17) is 0 Å². The van der Waals surface area contributed by atoms with Crippen molar-refractivity contribution in [1.29, 1.82) is 0 Å². The van der Waals surface area contributed by atoms with E-state index in [9.17, 15) is 21.6 Å². The fraction of sp³-hybridized carbons (Fsp3) is 0.588. The van der Waals surface area contributed by atoms with E-state index in [2.05, 4.69) is 15.9 Å². The first-order valence-corrected chi connectivity index (χ1v) is 13.2. The Bertz CT molecular complexity index is 931. The van der Waals surface area contributed by atoms with Crippen LogP contribution in [0, 0.1) is 5.92 Å². The third-order valence-corrected chi connectivity index (χ3v) is 8.99. The lowest BCUT2D eigenvalue weighted by molar-refractivity contribution is -0.128. The lowest BCUT2D eigenvalue weighted by Gasteiger charge is -2.26. The summed E-state index contributed by atoms with van der Waals surface area (Å²) in [6.07, 6.45) is 2.46. The maximum absolute atomic E-state index is 13.2. The van der Waals surface area contributed by atoms with Crippen LogP contribution in [0.5, 0.6) is 0 Å². The lowest BCUT2D eigenvalue weighted by atomic mass is 9.95. The number of amides is 1. The second-order valence-electron chi connectivity index (χ2n) is 7.03. The van der Waals surface area contributed by atoms with Crippen LogP contribution in [0.3, 0.4) is 0 Å². The minimum absolute atomic E-state index is 0.161. The summed E-state index contributed by atoms with van der Waals surface area (Å²) in [7, 11) is -7.56. The van der Waals surface area contributed by atoms with Gasteiger partial charge in [0.2, 0.25) is 26.0 Å². The number of rotatable bonds is 6. The van der Waals surface area contributed by atoms with Crippen molar-refractivity contribution in [3.05, 3.63) is 29.8 Å². The maximum Gasteiger partial charge on any atom is 0.243 e. The quantitative estimate of drug-likeness (QED) is 0.582. The smallest absolute Gasteiger partial charge is 0.243 e. The van der Waals surface area contributed by atoms with Gasteiger partial charge in [-0.2, -0.15) is 4.31 Å². The van der Waals surface area contributed by atoms with Gasteiger partial charge in [0, 0.05) is 11.9 Å². The molecule has 2 fully saturated rings. The van der Waals surface area contributed by atoms with Crippen molar-refractivity contribution in [2.24, 2.45) is 5.92 Å². The molecule has 2 aliphatic heterocycles. The van der Waals surface area contributed by atoms with Gasteiger partial charge in [0.05, 0.1) is 29.2 Å². The lowest BCUT2D eigenvalue weighted by Crippen LogP contribution is -2.43. The summed E-state index contributed by atoms with van der Waals surface area (Å²) in [4.78, 5) is 12.9. The fourth-order valence-electron chi connectivity index (χ4n) is 4.15. The predicted octanol–water partition coefficient (Wildman–Crippen LogP) is 1.93. The molecular weight excluding hydrogens is 456 g/mol. The molecule has 1 aromatic rings. The minimum atomic E-state index is -3.82. The van der Waals surface area contributed by atoms with Crippen LogP contribution in [-0.4, -0.2) is 56.2 Å². The number of carbonyl (C=O) groups excluding carboxylic acids is 1. The topological polar surface area (TPSA) is 91.8 Å². The first-order chi connectivity index (χ1) is 12.6. The Kier molecular flexibility index (Phi) is 5.73. The molecule has 0 unspecified atom stereocenters. The van der Waals surface area contributed by atoms with E-state index in [0.717, 1.165) is 16.1 Å². The van der Waals surface area contributed by atoms with E-state index >= 15 is 0 Å². The molecule has 0 aromatic heterocycles. The van der Waals surface area contributed by atoms with Gasteiger partial charge in [-0.3, -0.25) is 4.79 Å². The van der Waals surface area contributed by atoms with Gasteiger partial charge in [-0.15, -0.1) is 0 Å². The highest BCUT2D eigenvalue weighted by Gasteiger charge is 2.58. The number of hydrogen-bond acceptors (Lipinski definition) is 5. The number of carbonyl (C=O) groups is 1. The first kappa shape index (κ1) is 20.8. The number of halogens is 1. The van der Waals surface area contributed by atoms with Crippen LogP contribution in [0.2, 0.25) is 0 Å². The Morgan fingerprint density at radius 1 is 1.15 bits per heavy atom. The van der Waals surface area contributed by atoms with Crippen LogP contribution in [0.15, 0.2) is 29.2 Å². The third-order valence-electron chi connectivity index (χ3n) is 5.26. The van der Waals surface area contributed by atoms with Gasteiger partial charge >= 0.3 is 0 Å². The fourth-order valence-corrected chi connectivity index (χ4v) is 7.41. The standard InChI is InChI=1S/C17H23BrN2O5S2/c1-3-4-14-16-15(20(17(14)21)26(2,22)23)9-10-19(16)27(24,25)13-7-5-12(11-18)6-8-13/h5-8,14-16H,3-4,9-11H2,1-2H3/t14-,15+,16-/m1/s1. The van der Waals surface area contributed by atoms with Crippen molar-refractivity contribution >= 4 is 41.9 Å². The monoisotopic (exact) mass is 478 g/mol. The summed E-state index contributed by atoms with van der Waals surface area (Å²) >= 11 is 3.33. The molecular formula is C17H23BrN2O5S2. The van der Waals surface area contributed by atoms with Crippen molar-refractivity contribution in [3.63, 3.8) is 0 Å². The summed E-state index contributed by atoms with van der Waals surface area (Å²) in [6, 6.07) is 5.31. The van der Waals surface area contributed by atoms with Crippen LogP contribution < -0.4 is 0 Å². The highest BCUT2D eigenvalue weighted by atomic mass is 79.9. The SMILES string of the molecule is CCC[C@H]1C(=O)N(S(C)(=O)=O)[C@H]2CCN(S(=O)(=O)c3ccc(CBr)cc3)[C@H]12. The molecule has 0 aliphatic carbocycles. The van der Waals surface area contributed by atoms with E-state index in [0.29, 0.717) is 24.6 Å². The van der Waals surface area contributed by atoms with Crippen molar-refractivity contribution in [2.45, 2.75) is 48.5 Å². The van der Waals surface area contributed by atoms with Crippen LogP contribution in [0.25, 0.3) is 0 Å². The number of hydrogen-bond donors (Lipinski definition) is 0. The molecule has 0 N–H and O–H groups in total. The second kappa shape index (κ2) is 7.46. The molecule has 1 amide bonds. The van der Waals surface area contributed by atoms with Gasteiger partial charge < -0.3 is 0 Å². The van der Waals surface area contributed by atoms with Gasteiger partial charge in [-0.25, -0.2) is 21.1 Å². The van der Waals surface area contributed by atoms with Gasteiger partial charge in [0.1, 0.15) is 0 Å². The van der Waals surface area contributed by atoms with Crippen molar-refractivity contribution < 1.29 is 21.6 Å². The molecule has 150 valence electrons. The number of fused-ring (bicyclic) bond motifs is 1. The zero-order chi connectivity index (χ0) is 20.0. The van der Waals surface area contributed by atoms with Crippen LogP contribution in [-0.2, 0) is 30.2 Å². The Balaban J connectivity index is 2.01. The van der Waals surface area contributed by atoms with Gasteiger partial charge in [-0.05, 0) is 30.5 Å². The van der Waals surface area contributed by atoms with Crippen LogP contribution >= 0.6 is 15.9 Å². The third kappa shape index (κ3) is 3.56. The second-order valence-corrected chi connectivity index (χ2v) is 11.3. The molecule has 0 bridgehead atoms. The molecule has 10 heteroatoms. The Hall–Kier alpha value is -0.970. The van der Waals surface area contributed by atoms with E-state index in [-0.39, 0.29) is 11.4 Å². The van der Waals surface area contributed by atoms with Crippen molar-refractivity contribution in [3.8, 4) is 0 Å². The molecule has 2 saturated heterocycles. The van der Waals surface area contributed by atoms with Gasteiger partial charge in [0.15, 0.2) is 0 Å². The largest absolute Gasteiger partial charge is 0.273 e. The Labute approximate surface area is 169 Å². The molecule has 3 rings (SSSR count). The molecule has 3 atom stereocenters. The van der Waals surface area contributed by atoms with E-state index in [1.165, 1.54) is 4.31 Å². The van der Waals surface area contributed by atoms with Crippen LogP contribution in [0.4, 0.5) is 0 Å². The summed E-state index contributed by atoms with van der Waals surface area (Å²) in [5, 5.41) is 0.623. The molecule has 2 aliphatic rings. The zero-order valence-electron chi connectivity index (χ0n) is 15.2. The molecule has 7 nitrogen and oxygen atoms in total. The molecule has 1 aromatic carbocycles. The first-order valence-electron chi connectivity index (χ1n) is 8.83. The predicted molar refractivity (Wildman–Crippen MR) is 105 cm³/mol. The molecule has 0 spiro atoms. The summed E-state index contributed by atoms with van der Waals surface area (Å²) in [6.45, 7) is 2.11. The normalized spacial score (nSPS) is 26.6. The Morgan fingerprint density at radius 2 is 1.78 bits per heavy atom. The summed E-state index contributed by atoms with van der Waals surface area (Å²) < 4.78 is 53.0. The molecule has 0 saturated carbocycles. The highest BCUT2D eigenvalue weighted by Crippen LogP contribution is 2.42. The van der Waals surface area contributed by atoms with E-state index in [1.807, 2.05) is 6.92 Å². The Morgan fingerprint density at radius 3 is 2.30 bits per heavy atom. The van der Waals surface area contributed by atoms with E-state index in [1.54, 1.807) is 24.3 Å². The average Bonchev–Trinajstić information content (AvgIpc) is 3.13. The van der Waals surface area contributed by atoms with Crippen molar-refractivity contribution in [1.82, 2.24) is 8.61 Å². The molecule has 27 heavy (non-hydrogen) atoms. The van der Waals surface area contributed by atoms with E-state index < -0.39 is 44.0 Å². The molecule has 0 radical (unpaired) electrons. The molecule has 2 heterocycles. The van der Waals surface area contributed by atoms with Crippen molar-refractivity contribution in [2.75, 3.05) is 12.8 Å². The zero-order valence-corrected chi connectivity index (χ0v) is 18.4. The summed E-state index contributed by atoms with van der Waals surface area (Å²) in [5.41, 5.74) is 0.955. The maximum atomic E-state index is 13.2. The minimum Gasteiger partial charge on any atom is -0.273 e. The number of nitrogens with zero attached hydrogens (tertiary/aromatic N) is 2. The number of benzene rings is 1. The summed E-state index contributed by atoms with van der Waals surface area (Å²) in [5.74, 6) is -1.11.